The molecule has 8 heteroatoms. The lowest BCUT2D eigenvalue weighted by atomic mass is 10.1. The first-order valence-electron chi connectivity index (χ1n) is 10.0. The lowest BCUT2D eigenvalue weighted by Crippen LogP contribution is -2.30. The van der Waals surface area contributed by atoms with Crippen molar-refractivity contribution in [2.24, 2.45) is 0 Å². The van der Waals surface area contributed by atoms with E-state index in [1.807, 2.05) is 0 Å². The number of anilines is 1. The van der Waals surface area contributed by atoms with Gasteiger partial charge in [-0.3, -0.25) is 14.2 Å². The molecule has 0 saturated carbocycles. The number of ether oxygens (including phenoxy) is 2. The lowest BCUT2D eigenvalue weighted by molar-refractivity contribution is 0.102. The predicted molar refractivity (Wildman–Crippen MR) is 117 cm³/mol. The second kappa shape index (κ2) is 8.14. The van der Waals surface area contributed by atoms with Gasteiger partial charge in [0, 0.05) is 23.3 Å². The van der Waals surface area contributed by atoms with Crippen LogP contribution in [0.2, 0.25) is 0 Å². The zero-order valence-electron chi connectivity index (χ0n) is 16.9. The molecule has 0 bridgehead atoms. The number of aromatic nitrogens is 2. The minimum Gasteiger partial charge on any atom is -0.486 e. The van der Waals surface area contributed by atoms with Crippen LogP contribution in [0, 0.1) is 5.82 Å². The molecule has 7 nitrogen and oxygen atoms in total. The third-order valence-electron chi connectivity index (χ3n) is 5.15. The number of hydrogen-bond donors (Lipinski definition) is 1. The second-order valence-corrected chi connectivity index (χ2v) is 7.30. The number of nitrogens with one attached hydrogen (secondary N) is 1. The van der Waals surface area contributed by atoms with E-state index in [-0.39, 0.29) is 17.9 Å². The molecule has 3 heterocycles. The molecule has 1 aliphatic rings. The molecular weight excluding hydrogens is 413 g/mol. The van der Waals surface area contributed by atoms with Crippen molar-refractivity contribution in [3.63, 3.8) is 0 Å². The summed E-state index contributed by atoms with van der Waals surface area (Å²) in [6, 6.07) is 15.9. The van der Waals surface area contributed by atoms with Gasteiger partial charge in [-0.2, -0.15) is 0 Å². The molecule has 1 amide bonds. The highest BCUT2D eigenvalue weighted by molar-refractivity contribution is 6.05. The Hall–Kier alpha value is -4.20. The number of carbonyl (C=O) groups excluding carboxylic acids is 1. The summed E-state index contributed by atoms with van der Waals surface area (Å²) < 4.78 is 25.8. The van der Waals surface area contributed by atoms with E-state index in [2.05, 4.69) is 10.3 Å². The van der Waals surface area contributed by atoms with Gasteiger partial charge in [-0.1, -0.05) is 12.1 Å². The zero-order valence-corrected chi connectivity index (χ0v) is 16.9. The first-order chi connectivity index (χ1) is 15.6. The van der Waals surface area contributed by atoms with Crippen LogP contribution in [0.4, 0.5) is 10.1 Å². The molecule has 0 aliphatic carbocycles. The topological polar surface area (TPSA) is 82.4 Å². The van der Waals surface area contributed by atoms with E-state index in [9.17, 15) is 14.0 Å². The van der Waals surface area contributed by atoms with Gasteiger partial charge >= 0.3 is 0 Å². The number of halogens is 1. The van der Waals surface area contributed by atoms with Gasteiger partial charge in [0.05, 0.1) is 6.54 Å². The van der Waals surface area contributed by atoms with E-state index in [1.165, 1.54) is 22.8 Å². The highest BCUT2D eigenvalue weighted by Gasteiger charge is 2.18. The van der Waals surface area contributed by atoms with Crippen molar-refractivity contribution in [2.45, 2.75) is 6.54 Å². The van der Waals surface area contributed by atoms with Crippen LogP contribution in [0.1, 0.15) is 15.9 Å². The lowest BCUT2D eigenvalue weighted by Gasteiger charge is -2.19. The fourth-order valence-corrected chi connectivity index (χ4v) is 3.61. The van der Waals surface area contributed by atoms with Gasteiger partial charge in [0.1, 0.15) is 30.2 Å². The Balaban J connectivity index is 1.52. The van der Waals surface area contributed by atoms with Crippen LogP contribution in [-0.4, -0.2) is 28.7 Å². The number of pyridine rings is 2. The van der Waals surface area contributed by atoms with Crippen LogP contribution in [0.15, 0.2) is 71.7 Å². The molecule has 0 fully saturated rings. The molecule has 4 aromatic rings. The Bertz CT molecular complexity index is 1380. The average Bonchev–Trinajstić information content (AvgIpc) is 2.82. The number of carbonyl (C=O) groups is 1. The minimum atomic E-state index is -0.551. The molecule has 2 aromatic carbocycles. The second-order valence-electron chi connectivity index (χ2n) is 7.30. The van der Waals surface area contributed by atoms with Crippen molar-refractivity contribution in [1.29, 1.82) is 0 Å². The quantitative estimate of drug-likeness (QED) is 0.534. The molecule has 0 radical (unpaired) electrons. The van der Waals surface area contributed by atoms with E-state index >= 15 is 0 Å². The van der Waals surface area contributed by atoms with Crippen LogP contribution < -0.4 is 20.3 Å². The summed E-state index contributed by atoms with van der Waals surface area (Å²) in [7, 11) is 0. The largest absolute Gasteiger partial charge is 0.486 e. The Kier molecular flexibility index (Phi) is 5.03. The first-order valence-corrected chi connectivity index (χ1v) is 10.0. The Morgan fingerprint density at radius 3 is 2.62 bits per heavy atom. The smallest absolute Gasteiger partial charge is 0.265 e. The first kappa shape index (κ1) is 19.7. The Morgan fingerprint density at radius 1 is 1.03 bits per heavy atom. The van der Waals surface area contributed by atoms with Gasteiger partial charge in [-0.15, -0.1) is 0 Å². The van der Waals surface area contributed by atoms with Crippen molar-refractivity contribution in [2.75, 3.05) is 18.5 Å². The predicted octanol–water partition coefficient (Wildman–Crippen LogP) is 3.61. The van der Waals surface area contributed by atoms with Crippen molar-refractivity contribution in [3.8, 4) is 11.5 Å². The number of rotatable bonds is 4. The van der Waals surface area contributed by atoms with E-state index in [0.29, 0.717) is 47.0 Å². The molecule has 0 saturated heterocycles. The summed E-state index contributed by atoms with van der Waals surface area (Å²) in [6.07, 6.45) is 1.58. The van der Waals surface area contributed by atoms with Crippen LogP contribution in [0.25, 0.3) is 11.0 Å². The highest BCUT2D eigenvalue weighted by Crippen LogP contribution is 2.32. The standard InChI is InChI=1S/C24H18FN3O4/c25-17-5-3-15(4-6-17)14-28-22-16(2-1-9-26-22)12-19(24(28)30)23(29)27-18-7-8-20-21(13-18)32-11-10-31-20/h1-9,12-13H,10-11,14H2,(H,27,29). The molecule has 0 unspecified atom stereocenters. The summed E-state index contributed by atoms with van der Waals surface area (Å²) in [4.78, 5) is 30.6. The molecule has 2 aromatic heterocycles. The third kappa shape index (κ3) is 3.78. The summed E-state index contributed by atoms with van der Waals surface area (Å²) in [5, 5.41) is 3.39. The van der Waals surface area contributed by atoms with E-state index in [1.54, 1.807) is 48.7 Å². The number of benzene rings is 2. The number of nitrogens with zero attached hydrogens (tertiary/aromatic N) is 2. The molecule has 0 atom stereocenters. The number of hydrogen-bond acceptors (Lipinski definition) is 5. The van der Waals surface area contributed by atoms with Crippen LogP contribution in [0.5, 0.6) is 11.5 Å². The molecule has 5 rings (SSSR count). The van der Waals surface area contributed by atoms with Crippen LogP contribution >= 0.6 is 0 Å². The number of amides is 1. The summed E-state index contributed by atoms with van der Waals surface area (Å²) >= 11 is 0. The maximum atomic E-state index is 13.3. The molecule has 1 aliphatic heterocycles. The van der Waals surface area contributed by atoms with Gasteiger partial charge in [0.15, 0.2) is 11.5 Å². The number of fused-ring (bicyclic) bond motifs is 2. The normalized spacial score (nSPS) is 12.5. The highest BCUT2D eigenvalue weighted by atomic mass is 19.1. The fourth-order valence-electron chi connectivity index (χ4n) is 3.61. The maximum absolute atomic E-state index is 13.3. The Labute approximate surface area is 182 Å². The monoisotopic (exact) mass is 431 g/mol. The third-order valence-corrected chi connectivity index (χ3v) is 5.15. The van der Waals surface area contributed by atoms with Crippen molar-refractivity contribution in [3.05, 3.63) is 94.2 Å². The van der Waals surface area contributed by atoms with E-state index in [0.717, 1.165) is 0 Å². The summed E-state index contributed by atoms with van der Waals surface area (Å²) in [6.45, 7) is 1.05. The summed E-state index contributed by atoms with van der Waals surface area (Å²) in [5.41, 5.74) is 1.12. The Morgan fingerprint density at radius 2 is 1.81 bits per heavy atom. The molecule has 160 valence electrons. The van der Waals surface area contributed by atoms with Crippen molar-refractivity contribution in [1.82, 2.24) is 9.55 Å². The van der Waals surface area contributed by atoms with E-state index in [4.69, 9.17) is 9.47 Å². The van der Waals surface area contributed by atoms with Gasteiger partial charge < -0.3 is 14.8 Å². The molecule has 1 N–H and O–H groups in total. The molecule has 32 heavy (non-hydrogen) atoms. The van der Waals surface area contributed by atoms with Gasteiger partial charge in [0.2, 0.25) is 0 Å². The van der Waals surface area contributed by atoms with Crippen LogP contribution in [-0.2, 0) is 6.54 Å². The van der Waals surface area contributed by atoms with E-state index < -0.39 is 11.5 Å². The van der Waals surface area contributed by atoms with Crippen molar-refractivity contribution < 1.29 is 18.7 Å². The average molecular weight is 431 g/mol. The molecule has 0 spiro atoms. The SMILES string of the molecule is O=C(Nc1ccc2c(c1)OCCO2)c1cc2cccnc2n(Cc2ccc(F)cc2)c1=O. The minimum absolute atomic E-state index is 0.0255. The van der Waals surface area contributed by atoms with Crippen LogP contribution in [0.3, 0.4) is 0 Å². The summed E-state index contributed by atoms with van der Waals surface area (Å²) in [5.74, 6) is 0.222. The van der Waals surface area contributed by atoms with Gasteiger partial charge in [-0.25, -0.2) is 9.37 Å². The zero-order chi connectivity index (χ0) is 22.1. The molecular formula is C24H18FN3O4. The maximum Gasteiger partial charge on any atom is 0.265 e. The fraction of sp³-hybridized carbons (Fsp3) is 0.125. The van der Waals surface area contributed by atoms with Gasteiger partial charge in [-0.05, 0) is 48.0 Å². The van der Waals surface area contributed by atoms with Crippen molar-refractivity contribution >= 4 is 22.6 Å². The van der Waals surface area contributed by atoms with Gasteiger partial charge in [0.25, 0.3) is 11.5 Å².